The van der Waals surface area contributed by atoms with Gasteiger partial charge in [0.25, 0.3) is 0 Å². The van der Waals surface area contributed by atoms with E-state index in [0.29, 0.717) is 11.6 Å². The molecule has 1 aliphatic heterocycles. The van der Waals surface area contributed by atoms with E-state index in [-0.39, 0.29) is 24.8 Å². The average molecular weight is 356 g/mol. The van der Waals surface area contributed by atoms with Crippen molar-refractivity contribution >= 4 is 36.4 Å². The Kier molecular flexibility index (Phi) is 11.3. The molecular weight excluding hydrogens is 331 g/mol. The molecule has 0 saturated carbocycles. The van der Waals surface area contributed by atoms with E-state index in [0.717, 1.165) is 37.8 Å². The van der Waals surface area contributed by atoms with Crippen molar-refractivity contribution < 1.29 is 4.74 Å². The van der Waals surface area contributed by atoms with Crippen molar-refractivity contribution in [2.75, 3.05) is 26.2 Å². The van der Waals surface area contributed by atoms with Crippen molar-refractivity contribution in [3.63, 3.8) is 0 Å². The summed E-state index contributed by atoms with van der Waals surface area (Å²) in [6.45, 7) is 6.88. The molecule has 2 N–H and O–H groups in total. The number of piperidine rings is 1. The first kappa shape index (κ1) is 20.8. The fourth-order valence-corrected chi connectivity index (χ4v) is 2.69. The molecule has 0 bridgehead atoms. The van der Waals surface area contributed by atoms with E-state index in [2.05, 4.69) is 16.7 Å². The van der Waals surface area contributed by atoms with Gasteiger partial charge in [-0.3, -0.25) is 0 Å². The van der Waals surface area contributed by atoms with Gasteiger partial charge in [-0.05, 0) is 63.0 Å². The molecule has 0 aliphatic carbocycles. The number of hydrogen-bond acceptors (Lipinski definition) is 3. The smallest absolute Gasteiger partial charge is 0.137 e. The van der Waals surface area contributed by atoms with Crippen LogP contribution in [0.4, 0.5) is 0 Å². The minimum absolute atomic E-state index is 0. The van der Waals surface area contributed by atoms with Crippen molar-refractivity contribution in [3.8, 4) is 5.75 Å². The monoisotopic (exact) mass is 354 g/mol. The maximum Gasteiger partial charge on any atom is 0.137 e. The van der Waals surface area contributed by atoms with Crippen LogP contribution in [0.2, 0.25) is 5.02 Å². The molecule has 0 amide bonds. The number of benzene rings is 1. The molecule has 1 heterocycles. The topological polar surface area (TPSA) is 33.3 Å². The van der Waals surface area contributed by atoms with Gasteiger partial charge in [0, 0.05) is 6.54 Å². The van der Waals surface area contributed by atoms with E-state index in [9.17, 15) is 0 Å². The maximum atomic E-state index is 6.17. The lowest BCUT2D eigenvalue weighted by atomic mass is 9.98. The quantitative estimate of drug-likeness (QED) is 0.817. The fraction of sp³-hybridized carbons (Fsp3) is 0.600. The van der Waals surface area contributed by atoms with Crippen LogP contribution in [0.3, 0.4) is 0 Å². The molecule has 0 atom stereocenters. The van der Waals surface area contributed by atoms with E-state index in [4.69, 9.17) is 16.3 Å². The Morgan fingerprint density at radius 2 is 2.00 bits per heavy atom. The van der Waals surface area contributed by atoms with Crippen LogP contribution < -0.4 is 15.4 Å². The molecule has 3 nitrogen and oxygen atoms in total. The molecule has 1 aromatic rings. The van der Waals surface area contributed by atoms with Gasteiger partial charge in [-0.15, -0.1) is 24.8 Å². The molecular formula is C15H25Cl3N2O. The summed E-state index contributed by atoms with van der Waals surface area (Å²) >= 11 is 6.17. The normalized spacial score (nSPS) is 15.0. The number of ether oxygens (including phenoxy) is 1. The lowest BCUT2D eigenvalue weighted by Gasteiger charge is -2.22. The van der Waals surface area contributed by atoms with Crippen molar-refractivity contribution in [3.05, 3.63) is 28.8 Å². The van der Waals surface area contributed by atoms with Crippen LogP contribution in [-0.2, 0) is 6.54 Å². The Morgan fingerprint density at radius 1 is 1.29 bits per heavy atom. The Morgan fingerprint density at radius 3 is 2.62 bits per heavy atom. The van der Waals surface area contributed by atoms with E-state index in [1.54, 1.807) is 0 Å². The second kappa shape index (κ2) is 11.4. The van der Waals surface area contributed by atoms with Gasteiger partial charge >= 0.3 is 0 Å². The fourth-order valence-electron chi connectivity index (χ4n) is 2.43. The Labute approximate surface area is 145 Å². The van der Waals surface area contributed by atoms with E-state index >= 15 is 0 Å². The summed E-state index contributed by atoms with van der Waals surface area (Å²) < 4.78 is 5.43. The highest BCUT2D eigenvalue weighted by molar-refractivity contribution is 6.32. The third-order valence-corrected chi connectivity index (χ3v) is 3.81. The zero-order valence-corrected chi connectivity index (χ0v) is 14.8. The highest BCUT2D eigenvalue weighted by atomic mass is 35.5. The van der Waals surface area contributed by atoms with Crippen molar-refractivity contribution in [1.29, 1.82) is 0 Å². The lowest BCUT2D eigenvalue weighted by Crippen LogP contribution is -2.33. The number of hydrogen-bond donors (Lipinski definition) is 2. The maximum absolute atomic E-state index is 6.17. The summed E-state index contributed by atoms with van der Waals surface area (Å²) in [6, 6.07) is 6.02. The second-order valence-corrected chi connectivity index (χ2v) is 5.43. The van der Waals surface area contributed by atoms with Crippen LogP contribution in [0, 0.1) is 5.92 Å². The summed E-state index contributed by atoms with van der Waals surface area (Å²) in [5.74, 6) is 1.57. The first-order valence-corrected chi connectivity index (χ1v) is 7.50. The number of rotatable bonds is 6. The lowest BCUT2D eigenvalue weighted by molar-refractivity contribution is 0.340. The SMILES string of the molecule is CCOc1ccc(CNCC2CCNCC2)cc1Cl.Cl.Cl. The van der Waals surface area contributed by atoms with Crippen LogP contribution in [0.1, 0.15) is 25.3 Å². The van der Waals surface area contributed by atoms with Gasteiger partial charge in [0.05, 0.1) is 11.6 Å². The van der Waals surface area contributed by atoms with Crippen LogP contribution in [0.25, 0.3) is 0 Å². The number of halogens is 3. The van der Waals surface area contributed by atoms with Crippen molar-refractivity contribution in [1.82, 2.24) is 10.6 Å². The molecule has 1 aromatic carbocycles. The van der Waals surface area contributed by atoms with Crippen LogP contribution >= 0.6 is 36.4 Å². The molecule has 122 valence electrons. The number of nitrogens with one attached hydrogen (secondary N) is 2. The molecule has 0 radical (unpaired) electrons. The summed E-state index contributed by atoms with van der Waals surface area (Å²) in [4.78, 5) is 0. The van der Waals surface area contributed by atoms with Crippen molar-refractivity contribution in [2.24, 2.45) is 5.92 Å². The van der Waals surface area contributed by atoms with E-state index in [1.807, 2.05) is 19.1 Å². The predicted molar refractivity (Wildman–Crippen MR) is 94.4 cm³/mol. The van der Waals surface area contributed by atoms with Gasteiger partial charge < -0.3 is 15.4 Å². The molecule has 21 heavy (non-hydrogen) atoms. The van der Waals surface area contributed by atoms with Gasteiger partial charge in [-0.1, -0.05) is 17.7 Å². The molecule has 0 unspecified atom stereocenters. The summed E-state index contributed by atoms with van der Waals surface area (Å²) in [5.41, 5.74) is 1.21. The molecule has 0 aromatic heterocycles. The summed E-state index contributed by atoms with van der Waals surface area (Å²) in [7, 11) is 0. The largest absolute Gasteiger partial charge is 0.492 e. The molecule has 1 fully saturated rings. The second-order valence-electron chi connectivity index (χ2n) is 5.02. The zero-order chi connectivity index (χ0) is 13.5. The molecule has 0 spiro atoms. The third-order valence-electron chi connectivity index (χ3n) is 3.52. The molecule has 1 saturated heterocycles. The standard InChI is InChI=1S/C15H23ClN2O.2ClH/c1-2-19-15-4-3-13(9-14(15)16)11-18-10-12-5-7-17-8-6-12;;/h3-4,9,12,17-18H,2,5-8,10-11H2,1H3;2*1H. The van der Waals surface area contributed by atoms with Crippen LogP contribution in [0.5, 0.6) is 5.75 Å². The third kappa shape index (κ3) is 7.07. The predicted octanol–water partition coefficient (Wildman–Crippen LogP) is 3.67. The molecule has 1 aliphatic rings. The van der Waals surface area contributed by atoms with Crippen LogP contribution in [-0.4, -0.2) is 26.2 Å². The minimum Gasteiger partial charge on any atom is -0.492 e. The first-order valence-electron chi connectivity index (χ1n) is 7.12. The Hall–Kier alpha value is -0.190. The average Bonchev–Trinajstić information content (AvgIpc) is 2.43. The van der Waals surface area contributed by atoms with Gasteiger partial charge in [0.2, 0.25) is 0 Å². The minimum atomic E-state index is 0. The van der Waals surface area contributed by atoms with Crippen LogP contribution in [0.15, 0.2) is 18.2 Å². The first-order chi connectivity index (χ1) is 9.29. The van der Waals surface area contributed by atoms with Gasteiger partial charge in [0.15, 0.2) is 0 Å². The van der Waals surface area contributed by atoms with Crippen molar-refractivity contribution in [2.45, 2.75) is 26.3 Å². The zero-order valence-electron chi connectivity index (χ0n) is 12.4. The molecule has 6 heteroatoms. The van der Waals surface area contributed by atoms with Gasteiger partial charge in [0.1, 0.15) is 5.75 Å². The summed E-state index contributed by atoms with van der Waals surface area (Å²) in [5, 5.41) is 7.61. The van der Waals surface area contributed by atoms with Gasteiger partial charge in [-0.25, -0.2) is 0 Å². The Balaban J connectivity index is 0.00000200. The van der Waals surface area contributed by atoms with E-state index < -0.39 is 0 Å². The Bertz CT molecular complexity index is 399. The summed E-state index contributed by atoms with van der Waals surface area (Å²) in [6.07, 6.45) is 2.55. The molecule has 2 rings (SSSR count). The van der Waals surface area contributed by atoms with Gasteiger partial charge in [-0.2, -0.15) is 0 Å². The van der Waals surface area contributed by atoms with E-state index in [1.165, 1.54) is 18.4 Å². The highest BCUT2D eigenvalue weighted by Gasteiger charge is 2.12. The highest BCUT2D eigenvalue weighted by Crippen LogP contribution is 2.25.